The largest absolute Gasteiger partial charge is 0.338 e. The van der Waals surface area contributed by atoms with Gasteiger partial charge in [0.2, 0.25) is 0 Å². The molecule has 1 N–H and O–H groups in total. The van der Waals surface area contributed by atoms with Gasteiger partial charge in [-0.3, -0.25) is 4.79 Å². The molecule has 0 saturated carbocycles. The Kier molecular flexibility index (Phi) is 5.04. The fourth-order valence-corrected chi connectivity index (χ4v) is 3.25. The van der Waals surface area contributed by atoms with Gasteiger partial charge in [0.15, 0.2) is 5.78 Å². The van der Waals surface area contributed by atoms with Crippen molar-refractivity contribution in [2.75, 3.05) is 0 Å². The van der Waals surface area contributed by atoms with Gasteiger partial charge in [0.1, 0.15) is 18.3 Å². The molecule has 0 aliphatic rings. The molecule has 0 bridgehead atoms. The van der Waals surface area contributed by atoms with Crippen LogP contribution in [0.5, 0.6) is 0 Å². The van der Waals surface area contributed by atoms with Crippen LogP contribution >= 0.6 is 0 Å². The lowest BCUT2D eigenvalue weighted by Gasteiger charge is -2.08. The summed E-state index contributed by atoms with van der Waals surface area (Å²) >= 11 is 0. The Bertz CT molecular complexity index is 1220. The van der Waals surface area contributed by atoms with E-state index in [2.05, 4.69) is 9.97 Å². The Morgan fingerprint density at radius 2 is 1.79 bits per heavy atom. The van der Waals surface area contributed by atoms with Crippen molar-refractivity contribution in [2.45, 2.75) is 13.6 Å². The molecule has 0 amide bonds. The summed E-state index contributed by atoms with van der Waals surface area (Å²) in [5, 5.41) is 0. The number of hydrogen-bond donors (Lipinski definition) is 1. The van der Waals surface area contributed by atoms with Crippen molar-refractivity contribution in [3.63, 3.8) is 0 Å². The maximum Gasteiger partial charge on any atom is 0.160 e. The minimum Gasteiger partial charge on any atom is -0.338 e. The van der Waals surface area contributed by atoms with Crippen LogP contribution in [0, 0.1) is 5.82 Å². The highest BCUT2D eigenvalue weighted by Gasteiger charge is 2.14. The molecular weight excluding hydrogens is 370 g/mol. The van der Waals surface area contributed by atoms with E-state index in [-0.39, 0.29) is 5.78 Å². The predicted molar refractivity (Wildman–Crippen MR) is 112 cm³/mol. The zero-order valence-electron chi connectivity index (χ0n) is 15.7. The molecule has 1 aromatic heterocycles. The van der Waals surface area contributed by atoms with Gasteiger partial charge in [-0.2, -0.15) is 0 Å². The molecule has 0 aliphatic heterocycles. The Labute approximate surface area is 166 Å². The highest BCUT2D eigenvalue weighted by molar-refractivity contribution is 6.01. The molecule has 0 atom stereocenters. The summed E-state index contributed by atoms with van der Waals surface area (Å²) in [7, 11) is 0. The van der Waals surface area contributed by atoms with Gasteiger partial charge in [0.05, 0.1) is 11.0 Å². The van der Waals surface area contributed by atoms with Crippen molar-refractivity contribution in [1.82, 2.24) is 9.97 Å². The van der Waals surface area contributed by atoms with Crippen LogP contribution in [-0.4, -0.2) is 15.8 Å². The number of hydrogen-bond acceptors (Lipinski definition) is 2. The van der Waals surface area contributed by atoms with E-state index in [1.54, 1.807) is 48.5 Å². The summed E-state index contributed by atoms with van der Waals surface area (Å²) in [6, 6.07) is 17.1. The number of fused-ring (bicyclic) bond motifs is 1. The number of carbonyl (C=O) groups is 1. The highest BCUT2D eigenvalue weighted by atomic mass is 19.1. The van der Waals surface area contributed by atoms with Crippen LogP contribution in [-0.2, 0) is 6.67 Å². The molecule has 4 aromatic rings. The number of benzene rings is 3. The van der Waals surface area contributed by atoms with Gasteiger partial charge >= 0.3 is 0 Å². The van der Waals surface area contributed by atoms with Crippen LogP contribution in [0.25, 0.3) is 34.3 Å². The fraction of sp³-hybridized carbons (Fsp3) is 0.0833. The monoisotopic (exact) mass is 388 g/mol. The van der Waals surface area contributed by atoms with Crippen molar-refractivity contribution in [2.24, 2.45) is 0 Å². The zero-order valence-corrected chi connectivity index (χ0v) is 15.7. The Hall–Kier alpha value is -3.60. The lowest BCUT2D eigenvalue weighted by molar-refractivity contribution is 0.101. The third-order valence-corrected chi connectivity index (χ3v) is 4.75. The second-order valence-electron chi connectivity index (χ2n) is 6.78. The van der Waals surface area contributed by atoms with E-state index in [0.29, 0.717) is 39.1 Å². The van der Waals surface area contributed by atoms with E-state index in [1.807, 2.05) is 18.2 Å². The minimum atomic E-state index is -0.492. The molecule has 0 fully saturated rings. The van der Waals surface area contributed by atoms with E-state index < -0.39 is 12.5 Å². The second kappa shape index (κ2) is 7.80. The number of Topliss-reactive ketones (excluding diaryl/α,β-unsaturated/α-hetero) is 1. The molecule has 5 heteroatoms. The van der Waals surface area contributed by atoms with Crippen molar-refractivity contribution in [1.29, 1.82) is 0 Å². The number of carbonyl (C=O) groups excluding carboxylic acids is 1. The highest BCUT2D eigenvalue weighted by Crippen LogP contribution is 2.30. The molecule has 0 aliphatic carbocycles. The first kappa shape index (κ1) is 18.7. The van der Waals surface area contributed by atoms with E-state index in [1.165, 1.54) is 13.0 Å². The molecule has 144 valence electrons. The molecule has 0 unspecified atom stereocenters. The van der Waals surface area contributed by atoms with Gasteiger partial charge in [-0.15, -0.1) is 0 Å². The molecule has 0 spiro atoms. The molecule has 1 heterocycles. The van der Waals surface area contributed by atoms with Gasteiger partial charge in [-0.25, -0.2) is 13.8 Å². The van der Waals surface area contributed by atoms with Gasteiger partial charge in [-0.05, 0) is 35.8 Å². The summed E-state index contributed by atoms with van der Waals surface area (Å²) in [6.07, 6.45) is 3.63. The SMILES string of the molecule is CC(=O)c1ccccc1-c1cc2nc(/C=C/c3ccc(CF)cc3)[nH]c2cc1F. The molecular formula is C24H18F2N2O. The first-order valence-electron chi connectivity index (χ1n) is 9.18. The van der Waals surface area contributed by atoms with Crippen LogP contribution in [0.1, 0.15) is 34.2 Å². The average molecular weight is 388 g/mol. The number of rotatable bonds is 5. The molecule has 3 nitrogen and oxygen atoms in total. The summed E-state index contributed by atoms with van der Waals surface area (Å²) in [5.74, 6) is 0.0303. The van der Waals surface area contributed by atoms with Crippen LogP contribution in [0.2, 0.25) is 0 Å². The van der Waals surface area contributed by atoms with Crippen LogP contribution in [0.15, 0.2) is 60.7 Å². The first-order chi connectivity index (χ1) is 14.0. The summed E-state index contributed by atoms with van der Waals surface area (Å²) in [4.78, 5) is 19.5. The number of aromatic nitrogens is 2. The number of halogens is 2. The normalized spacial score (nSPS) is 11.4. The van der Waals surface area contributed by atoms with E-state index in [4.69, 9.17) is 0 Å². The molecule has 3 aromatic carbocycles. The quantitative estimate of drug-likeness (QED) is 0.413. The standard InChI is InChI=1S/C24H18F2N2O/c1-15(29)18-4-2-3-5-19(18)20-12-22-23(13-21(20)26)28-24(27-22)11-10-16-6-8-17(14-25)9-7-16/h2-13H,14H2,1H3,(H,27,28)/b11-10+. The van der Waals surface area contributed by atoms with E-state index in [9.17, 15) is 13.6 Å². The molecule has 4 rings (SSSR count). The summed E-state index contributed by atoms with van der Waals surface area (Å²) in [6.45, 7) is 0.973. The van der Waals surface area contributed by atoms with E-state index in [0.717, 1.165) is 5.56 Å². The maximum absolute atomic E-state index is 14.8. The van der Waals surface area contributed by atoms with Gasteiger partial charge < -0.3 is 4.98 Å². The summed E-state index contributed by atoms with van der Waals surface area (Å²) < 4.78 is 27.4. The minimum absolute atomic E-state index is 0.121. The number of aromatic amines is 1. The molecule has 29 heavy (non-hydrogen) atoms. The van der Waals surface area contributed by atoms with Crippen LogP contribution < -0.4 is 0 Å². The van der Waals surface area contributed by atoms with E-state index >= 15 is 0 Å². The fourth-order valence-electron chi connectivity index (χ4n) is 3.25. The van der Waals surface area contributed by atoms with Gasteiger partial charge in [0, 0.05) is 17.2 Å². The smallest absolute Gasteiger partial charge is 0.160 e. The average Bonchev–Trinajstić information content (AvgIpc) is 3.13. The Morgan fingerprint density at radius 1 is 1.03 bits per heavy atom. The topological polar surface area (TPSA) is 45.8 Å². The van der Waals surface area contributed by atoms with Gasteiger partial charge in [0.25, 0.3) is 0 Å². The van der Waals surface area contributed by atoms with Crippen LogP contribution in [0.3, 0.4) is 0 Å². The van der Waals surface area contributed by atoms with Crippen LogP contribution in [0.4, 0.5) is 8.78 Å². The molecule has 0 saturated heterocycles. The Balaban J connectivity index is 1.70. The van der Waals surface area contributed by atoms with Crippen molar-refractivity contribution < 1.29 is 13.6 Å². The number of ketones is 1. The number of nitrogens with one attached hydrogen (secondary N) is 1. The maximum atomic E-state index is 14.8. The van der Waals surface area contributed by atoms with Crippen molar-refractivity contribution in [3.8, 4) is 11.1 Å². The number of alkyl halides is 1. The third-order valence-electron chi connectivity index (χ3n) is 4.75. The predicted octanol–water partition coefficient (Wildman–Crippen LogP) is 6.21. The molecule has 0 radical (unpaired) electrons. The lowest BCUT2D eigenvalue weighted by atomic mass is 9.97. The lowest BCUT2D eigenvalue weighted by Crippen LogP contribution is -1.97. The third kappa shape index (κ3) is 3.85. The Morgan fingerprint density at radius 3 is 2.52 bits per heavy atom. The van der Waals surface area contributed by atoms with Gasteiger partial charge in [-0.1, -0.05) is 54.6 Å². The summed E-state index contributed by atoms with van der Waals surface area (Å²) in [5.41, 5.74) is 4.06. The number of H-pyrrole nitrogens is 1. The zero-order chi connectivity index (χ0) is 20.4. The first-order valence-corrected chi connectivity index (χ1v) is 9.18. The number of imidazole rings is 1. The van der Waals surface area contributed by atoms with Crippen molar-refractivity contribution >= 4 is 29.0 Å². The second-order valence-corrected chi connectivity index (χ2v) is 6.78. The van der Waals surface area contributed by atoms with Crippen molar-refractivity contribution in [3.05, 3.63) is 89.0 Å². The number of nitrogens with zero attached hydrogens (tertiary/aromatic N) is 1.